The van der Waals surface area contributed by atoms with E-state index in [1.807, 2.05) is 32.9 Å². The zero-order valence-corrected chi connectivity index (χ0v) is 21.0. The van der Waals surface area contributed by atoms with Gasteiger partial charge in [-0.1, -0.05) is 62.5 Å². The zero-order chi connectivity index (χ0) is 23.8. The van der Waals surface area contributed by atoms with Crippen molar-refractivity contribution in [2.45, 2.75) is 41.2 Å². The molecule has 0 aliphatic rings. The molecule has 172 valence electrons. The average Bonchev–Trinajstić information content (AvgIpc) is 3.09. The molecule has 0 saturated carbocycles. The molecule has 0 unspecified atom stereocenters. The predicted octanol–water partition coefficient (Wildman–Crippen LogP) is 6.91. The molecule has 3 aromatic rings. The Bertz CT molecular complexity index is 1070. The molecular weight excluding hydrogens is 471 g/mol. The van der Waals surface area contributed by atoms with Crippen LogP contribution in [0, 0.1) is 12.8 Å². The molecule has 0 fully saturated rings. The molecule has 0 aliphatic heterocycles. The Morgan fingerprint density at radius 2 is 1.88 bits per heavy atom. The zero-order valence-electron chi connectivity index (χ0n) is 18.7. The summed E-state index contributed by atoms with van der Waals surface area (Å²) in [5.41, 5.74) is 2.06. The van der Waals surface area contributed by atoms with E-state index in [4.69, 9.17) is 39.5 Å². The number of anilines is 1. The fourth-order valence-corrected chi connectivity index (χ4v) is 3.16. The SMILES string of the molecule is CC.Cc1cc(NC(=O)c2cnc(Cl)c(Cl)c2)nn1Cc1cc(Cl)ccc1OCC(C)C. The lowest BCUT2D eigenvalue weighted by atomic mass is 10.2. The van der Waals surface area contributed by atoms with Gasteiger partial charge in [-0.2, -0.15) is 5.10 Å². The quantitative estimate of drug-likeness (QED) is 0.360. The summed E-state index contributed by atoms with van der Waals surface area (Å²) in [6, 6.07) is 8.76. The van der Waals surface area contributed by atoms with E-state index in [0.29, 0.717) is 29.9 Å². The Balaban J connectivity index is 0.00000176. The third kappa shape index (κ3) is 7.12. The minimum absolute atomic E-state index is 0.144. The summed E-state index contributed by atoms with van der Waals surface area (Å²) < 4.78 is 7.69. The number of hydrogen-bond acceptors (Lipinski definition) is 4. The summed E-state index contributed by atoms with van der Waals surface area (Å²) in [6.45, 7) is 11.1. The lowest BCUT2D eigenvalue weighted by Gasteiger charge is -2.14. The number of benzene rings is 1. The number of nitrogens with one attached hydrogen (secondary N) is 1. The van der Waals surface area contributed by atoms with E-state index in [1.54, 1.807) is 16.8 Å². The number of nitrogens with zero attached hydrogens (tertiary/aromatic N) is 3. The van der Waals surface area contributed by atoms with Crippen LogP contribution in [-0.2, 0) is 6.54 Å². The Hall–Kier alpha value is -2.28. The van der Waals surface area contributed by atoms with Crippen molar-refractivity contribution in [1.82, 2.24) is 14.8 Å². The van der Waals surface area contributed by atoms with E-state index in [-0.39, 0.29) is 21.6 Å². The molecule has 3 rings (SSSR count). The van der Waals surface area contributed by atoms with E-state index in [2.05, 4.69) is 29.2 Å². The first kappa shape index (κ1) is 26.0. The van der Waals surface area contributed by atoms with Crippen molar-refractivity contribution in [3.63, 3.8) is 0 Å². The van der Waals surface area contributed by atoms with E-state index < -0.39 is 0 Å². The molecule has 2 heterocycles. The van der Waals surface area contributed by atoms with Crippen LogP contribution in [-0.4, -0.2) is 27.3 Å². The minimum Gasteiger partial charge on any atom is -0.493 e. The van der Waals surface area contributed by atoms with Crippen LogP contribution in [0.2, 0.25) is 15.2 Å². The summed E-state index contributed by atoms with van der Waals surface area (Å²) in [5, 5.41) is 8.20. The largest absolute Gasteiger partial charge is 0.493 e. The van der Waals surface area contributed by atoms with Crippen molar-refractivity contribution in [3.8, 4) is 5.75 Å². The molecule has 2 aromatic heterocycles. The van der Waals surface area contributed by atoms with Gasteiger partial charge in [-0.05, 0) is 37.1 Å². The van der Waals surface area contributed by atoms with Gasteiger partial charge in [0.2, 0.25) is 0 Å². The third-order valence-electron chi connectivity index (χ3n) is 4.20. The molecule has 32 heavy (non-hydrogen) atoms. The van der Waals surface area contributed by atoms with Crippen LogP contribution in [0.4, 0.5) is 5.82 Å². The third-order valence-corrected chi connectivity index (χ3v) is 5.12. The number of rotatable bonds is 7. The highest BCUT2D eigenvalue weighted by Crippen LogP contribution is 2.25. The lowest BCUT2D eigenvalue weighted by molar-refractivity contribution is 0.102. The van der Waals surface area contributed by atoms with Crippen molar-refractivity contribution < 1.29 is 9.53 Å². The van der Waals surface area contributed by atoms with Gasteiger partial charge in [0, 0.05) is 28.5 Å². The fourth-order valence-electron chi connectivity index (χ4n) is 2.70. The Morgan fingerprint density at radius 1 is 1.16 bits per heavy atom. The molecule has 0 radical (unpaired) electrons. The van der Waals surface area contributed by atoms with Crippen LogP contribution in [0.15, 0.2) is 36.5 Å². The molecule has 1 aromatic carbocycles. The molecule has 1 N–H and O–H groups in total. The number of halogens is 3. The summed E-state index contributed by atoms with van der Waals surface area (Å²) in [4.78, 5) is 16.4. The van der Waals surface area contributed by atoms with Crippen molar-refractivity contribution in [2.24, 2.45) is 5.92 Å². The molecule has 0 bridgehead atoms. The van der Waals surface area contributed by atoms with E-state index in [0.717, 1.165) is 17.0 Å². The van der Waals surface area contributed by atoms with Crippen LogP contribution in [0.25, 0.3) is 0 Å². The number of amides is 1. The van der Waals surface area contributed by atoms with Gasteiger partial charge < -0.3 is 10.1 Å². The Labute approximate surface area is 203 Å². The second-order valence-electron chi connectivity index (χ2n) is 7.24. The number of aryl methyl sites for hydroxylation is 1. The van der Waals surface area contributed by atoms with E-state index in [9.17, 15) is 4.79 Å². The van der Waals surface area contributed by atoms with Crippen LogP contribution in [0.5, 0.6) is 5.75 Å². The van der Waals surface area contributed by atoms with Crippen LogP contribution < -0.4 is 10.1 Å². The summed E-state index contributed by atoms with van der Waals surface area (Å²) in [6.07, 6.45) is 1.36. The highest BCUT2D eigenvalue weighted by atomic mass is 35.5. The first-order valence-electron chi connectivity index (χ1n) is 10.3. The van der Waals surface area contributed by atoms with Gasteiger partial charge in [-0.3, -0.25) is 9.48 Å². The maximum absolute atomic E-state index is 12.5. The van der Waals surface area contributed by atoms with Crippen molar-refractivity contribution in [3.05, 3.63) is 68.5 Å². The topological polar surface area (TPSA) is 69.0 Å². The number of aromatic nitrogens is 3. The van der Waals surface area contributed by atoms with Crippen LogP contribution in [0.1, 0.15) is 49.3 Å². The van der Waals surface area contributed by atoms with E-state index >= 15 is 0 Å². The smallest absolute Gasteiger partial charge is 0.258 e. The van der Waals surface area contributed by atoms with Crippen molar-refractivity contribution >= 4 is 46.5 Å². The molecule has 0 spiro atoms. The minimum atomic E-state index is -0.380. The lowest BCUT2D eigenvalue weighted by Crippen LogP contribution is -2.13. The highest BCUT2D eigenvalue weighted by Gasteiger charge is 2.14. The molecular formula is C23H27Cl3N4O2. The van der Waals surface area contributed by atoms with Gasteiger partial charge >= 0.3 is 0 Å². The molecule has 0 atom stereocenters. The number of carbonyl (C=O) groups is 1. The van der Waals surface area contributed by atoms with Gasteiger partial charge in [-0.25, -0.2) is 4.98 Å². The maximum atomic E-state index is 12.5. The average molecular weight is 498 g/mol. The fraction of sp³-hybridized carbons (Fsp3) is 0.348. The number of ether oxygens (including phenoxy) is 1. The monoisotopic (exact) mass is 496 g/mol. The highest BCUT2D eigenvalue weighted by molar-refractivity contribution is 6.41. The van der Waals surface area contributed by atoms with Gasteiger partial charge in [0.05, 0.1) is 23.7 Å². The van der Waals surface area contributed by atoms with Crippen molar-refractivity contribution in [1.29, 1.82) is 0 Å². The Morgan fingerprint density at radius 3 is 2.53 bits per heavy atom. The van der Waals surface area contributed by atoms with Gasteiger partial charge in [0.15, 0.2) is 5.82 Å². The predicted molar refractivity (Wildman–Crippen MR) is 131 cm³/mol. The summed E-state index contributed by atoms with van der Waals surface area (Å²) in [7, 11) is 0. The van der Waals surface area contributed by atoms with Crippen LogP contribution >= 0.6 is 34.8 Å². The molecule has 9 heteroatoms. The number of hydrogen-bond donors (Lipinski definition) is 1. The summed E-state index contributed by atoms with van der Waals surface area (Å²) in [5.74, 6) is 1.19. The van der Waals surface area contributed by atoms with Crippen molar-refractivity contribution in [2.75, 3.05) is 11.9 Å². The number of pyridine rings is 1. The Kier molecular flexibility index (Phi) is 9.82. The number of carbonyl (C=O) groups excluding carboxylic acids is 1. The first-order chi connectivity index (χ1) is 15.2. The first-order valence-corrected chi connectivity index (χ1v) is 11.4. The van der Waals surface area contributed by atoms with Gasteiger partial charge in [0.1, 0.15) is 10.9 Å². The van der Waals surface area contributed by atoms with Crippen LogP contribution in [0.3, 0.4) is 0 Å². The normalized spacial score (nSPS) is 10.5. The maximum Gasteiger partial charge on any atom is 0.258 e. The van der Waals surface area contributed by atoms with Gasteiger partial charge in [0.25, 0.3) is 5.91 Å². The second-order valence-corrected chi connectivity index (χ2v) is 8.44. The van der Waals surface area contributed by atoms with Gasteiger partial charge in [-0.15, -0.1) is 0 Å². The second kappa shape index (κ2) is 12.1. The molecule has 6 nitrogen and oxygen atoms in total. The molecule has 1 amide bonds. The molecule has 0 aliphatic carbocycles. The summed E-state index contributed by atoms with van der Waals surface area (Å²) >= 11 is 17.9. The standard InChI is InChI=1S/C21H21Cl3N4O2.C2H6/c1-12(2)11-30-18-5-4-16(22)7-15(18)10-28-13(3)6-19(27-28)26-21(29)14-8-17(23)20(24)25-9-14;1-2/h4-9,12H,10-11H2,1-3H3,(H,26,27,29);1-2H3. The molecule has 0 saturated heterocycles. The van der Waals surface area contributed by atoms with E-state index in [1.165, 1.54) is 12.3 Å².